The van der Waals surface area contributed by atoms with Gasteiger partial charge in [-0.2, -0.15) is 0 Å². The third kappa shape index (κ3) is 10.5. The SMILES string of the molecule is C=Cc1c(C)c2cc3nc(c4c5nc(cc6[nH]c(cc1[nH]2)c(C)c6CC)C(C)=C5C(=O)OC4)[C@@H](CCC(=O)SCCCO[C@@H]1O[C@H](COC(C)=O)[C@@H](OC(C)=O)[C@H](OC(C)=O)[C@H]1OC(C)=O)[C@@H]3C. The highest BCUT2D eigenvalue weighted by atomic mass is 32.2. The number of hydrogen-bond donors (Lipinski definition) is 2. The number of fused-ring (bicyclic) bond motifs is 8. The molecule has 4 aliphatic rings. The Balaban J connectivity index is 1.12. The number of aromatic amines is 2. The highest BCUT2D eigenvalue weighted by Crippen LogP contribution is 2.45. The minimum Gasteiger partial charge on any atom is -0.463 e. The van der Waals surface area contributed by atoms with Crippen molar-refractivity contribution in [1.29, 1.82) is 0 Å². The number of nitrogens with one attached hydrogen (secondary N) is 2. The van der Waals surface area contributed by atoms with Crippen LogP contribution in [-0.4, -0.2) is 105 Å². The molecule has 362 valence electrons. The highest BCUT2D eigenvalue weighted by molar-refractivity contribution is 8.13. The molecule has 0 amide bonds. The second-order valence-corrected chi connectivity index (χ2v) is 18.5. The number of ether oxygens (including phenoxy) is 7. The highest BCUT2D eigenvalue weighted by Gasteiger charge is 2.53. The molecule has 0 aromatic carbocycles. The summed E-state index contributed by atoms with van der Waals surface area (Å²) in [6.07, 6.45) is -2.79. The number of esters is 5. The van der Waals surface area contributed by atoms with Gasteiger partial charge in [-0.15, -0.1) is 0 Å². The second kappa shape index (κ2) is 21.0. The van der Waals surface area contributed by atoms with Gasteiger partial charge in [-0.05, 0) is 80.5 Å². The van der Waals surface area contributed by atoms with Crippen LogP contribution in [0.2, 0.25) is 0 Å². The van der Waals surface area contributed by atoms with Gasteiger partial charge in [-0.3, -0.25) is 29.0 Å². The molecule has 1 fully saturated rings. The van der Waals surface area contributed by atoms with Gasteiger partial charge in [-0.1, -0.05) is 38.3 Å². The van der Waals surface area contributed by atoms with E-state index in [0.717, 1.165) is 100 Å². The molecule has 17 nitrogen and oxygen atoms in total. The summed E-state index contributed by atoms with van der Waals surface area (Å²) in [5.41, 5.74) is 12.5. The maximum Gasteiger partial charge on any atom is 0.341 e. The Morgan fingerprint density at radius 2 is 1.54 bits per heavy atom. The first-order chi connectivity index (χ1) is 32.4. The average Bonchev–Trinajstić information content (AvgIpc) is 3.96. The van der Waals surface area contributed by atoms with Gasteiger partial charge in [0.2, 0.25) is 0 Å². The van der Waals surface area contributed by atoms with Crippen LogP contribution >= 0.6 is 11.8 Å². The summed E-state index contributed by atoms with van der Waals surface area (Å²) >= 11 is 1.14. The van der Waals surface area contributed by atoms with Crippen LogP contribution in [-0.2, 0) is 75.0 Å². The van der Waals surface area contributed by atoms with Crippen molar-refractivity contribution in [3.63, 3.8) is 0 Å². The van der Waals surface area contributed by atoms with Gasteiger partial charge in [0.15, 0.2) is 29.7 Å². The second-order valence-electron chi connectivity index (χ2n) is 17.3. The molecule has 8 bridgehead atoms. The van der Waals surface area contributed by atoms with Gasteiger partial charge < -0.3 is 43.1 Å². The molecule has 3 aromatic heterocycles. The molecular weight excluding hydrogens is 897 g/mol. The maximum atomic E-state index is 13.6. The van der Waals surface area contributed by atoms with Crippen LogP contribution in [0.4, 0.5) is 0 Å². The van der Waals surface area contributed by atoms with Crippen LogP contribution in [0, 0.1) is 13.8 Å². The van der Waals surface area contributed by atoms with E-state index in [9.17, 15) is 28.8 Å². The molecule has 0 aliphatic carbocycles. The van der Waals surface area contributed by atoms with E-state index >= 15 is 0 Å². The Kier molecular flexibility index (Phi) is 15.4. The largest absolute Gasteiger partial charge is 0.463 e. The minimum atomic E-state index is -1.36. The lowest BCUT2D eigenvalue weighted by Crippen LogP contribution is -2.63. The molecule has 1 saturated heterocycles. The molecule has 18 heteroatoms. The summed E-state index contributed by atoms with van der Waals surface area (Å²) in [6, 6.07) is 6.16. The monoisotopic (exact) mass is 954 g/mol. The number of allylic oxidation sites excluding steroid dienone is 1. The molecule has 68 heavy (non-hydrogen) atoms. The van der Waals surface area contributed by atoms with E-state index in [1.807, 2.05) is 19.1 Å². The quantitative estimate of drug-likeness (QED) is 0.0852. The standard InChI is InChI=1S/C50H58N4O13S/c1-11-31-23(3)35-18-37-25(5)33(44(53-37)34-21-63-49(60)43-26(6)38(54-45(34)43)20-40-32(12-2)24(4)36(52-40)19-39(31)51-35)14-15-42(59)68-17-13-16-61-50-48(66-30(10)58)47(65-29(9)57)46(64-28(8)56)41(67-50)22-62-27(7)55/h11,18-20,25,33,41,46-48,50-52H,1,12-17,21-22H2,2-10H3/t25-,33-,41+,46+,47-,48+,50+/m0/s1. The van der Waals surface area contributed by atoms with Crippen molar-refractivity contribution in [3.8, 4) is 0 Å². The predicted octanol–water partition coefficient (Wildman–Crippen LogP) is 7.54. The van der Waals surface area contributed by atoms with E-state index in [-0.39, 0.29) is 43.2 Å². The molecule has 0 saturated carbocycles. The van der Waals surface area contributed by atoms with Crippen molar-refractivity contribution in [2.24, 2.45) is 0 Å². The molecule has 7 atom stereocenters. The Labute approximate surface area is 398 Å². The van der Waals surface area contributed by atoms with Crippen LogP contribution in [0.25, 0.3) is 39.3 Å². The lowest BCUT2D eigenvalue weighted by atomic mass is 9.85. The number of H-pyrrole nitrogens is 2. The summed E-state index contributed by atoms with van der Waals surface area (Å²) in [5, 5.41) is -0.0530. The number of rotatable bonds is 15. The fraction of sp³-hybridized carbons (Fsp3) is 0.480. The first-order valence-corrected chi connectivity index (χ1v) is 23.7. The molecule has 7 heterocycles. The lowest BCUT2D eigenvalue weighted by Gasteiger charge is -2.44. The van der Waals surface area contributed by atoms with Crippen LogP contribution in [0.15, 0.2) is 24.8 Å². The minimum absolute atomic E-state index is 0.00741. The van der Waals surface area contributed by atoms with Gasteiger partial charge in [0.1, 0.15) is 19.3 Å². The number of cyclic esters (lactones) is 1. The van der Waals surface area contributed by atoms with Crippen LogP contribution in [0.1, 0.15) is 130 Å². The Hall–Kier alpha value is -6.11. The number of carbonyl (C=O) groups excluding carboxylic acids is 6. The fourth-order valence-corrected chi connectivity index (χ4v) is 10.1. The molecule has 0 radical (unpaired) electrons. The lowest BCUT2D eigenvalue weighted by molar-refractivity contribution is -0.308. The zero-order valence-electron chi connectivity index (χ0n) is 39.8. The van der Waals surface area contributed by atoms with E-state index in [0.29, 0.717) is 41.1 Å². The van der Waals surface area contributed by atoms with E-state index in [1.165, 1.54) is 6.92 Å². The van der Waals surface area contributed by atoms with Crippen molar-refractivity contribution in [2.75, 3.05) is 19.0 Å². The molecule has 0 spiro atoms. The van der Waals surface area contributed by atoms with Crippen molar-refractivity contribution >= 4 is 86.0 Å². The van der Waals surface area contributed by atoms with Crippen LogP contribution < -0.4 is 0 Å². The Morgan fingerprint density at radius 3 is 2.22 bits per heavy atom. The van der Waals surface area contributed by atoms with Crippen molar-refractivity contribution in [1.82, 2.24) is 19.9 Å². The van der Waals surface area contributed by atoms with E-state index < -0.39 is 60.6 Å². The predicted molar refractivity (Wildman–Crippen MR) is 253 cm³/mol. The molecule has 4 aliphatic heterocycles. The van der Waals surface area contributed by atoms with E-state index in [1.54, 1.807) is 0 Å². The van der Waals surface area contributed by atoms with Gasteiger partial charge in [-0.25, -0.2) is 9.78 Å². The van der Waals surface area contributed by atoms with E-state index in [2.05, 4.69) is 56.4 Å². The summed E-state index contributed by atoms with van der Waals surface area (Å²) in [6.45, 7) is 18.6. The number of aryl methyl sites for hydroxylation is 3. The van der Waals surface area contributed by atoms with Crippen LogP contribution in [0.3, 0.4) is 0 Å². The van der Waals surface area contributed by atoms with Crippen molar-refractivity contribution < 1.29 is 61.9 Å². The topological polar surface area (TPSA) is 224 Å². The van der Waals surface area contributed by atoms with Gasteiger partial charge in [0.05, 0.1) is 29.3 Å². The van der Waals surface area contributed by atoms with Crippen LogP contribution in [0.5, 0.6) is 0 Å². The van der Waals surface area contributed by atoms with Gasteiger partial charge in [0, 0.05) is 90.6 Å². The van der Waals surface area contributed by atoms with Gasteiger partial charge in [0.25, 0.3) is 0 Å². The average molecular weight is 955 g/mol. The third-order valence-corrected chi connectivity index (χ3v) is 13.7. The summed E-state index contributed by atoms with van der Waals surface area (Å²) < 4.78 is 39.4. The van der Waals surface area contributed by atoms with E-state index in [4.69, 9.17) is 43.1 Å². The number of nitrogens with zero attached hydrogens (tertiary/aromatic N) is 2. The number of thioether (sulfide) groups is 1. The summed E-state index contributed by atoms with van der Waals surface area (Å²) in [5.74, 6) is -3.27. The van der Waals surface area contributed by atoms with Gasteiger partial charge >= 0.3 is 29.8 Å². The Morgan fingerprint density at radius 1 is 0.868 bits per heavy atom. The first-order valence-electron chi connectivity index (χ1n) is 22.7. The molecule has 2 N–H and O–H groups in total. The van der Waals surface area contributed by atoms with Crippen molar-refractivity contribution in [2.45, 2.75) is 137 Å². The first kappa shape index (κ1) is 49.8. The molecule has 3 aromatic rings. The summed E-state index contributed by atoms with van der Waals surface area (Å²) in [7, 11) is 0. The Bertz CT molecular complexity index is 2750. The fourth-order valence-electron chi connectivity index (χ4n) is 9.37. The smallest absolute Gasteiger partial charge is 0.341 e. The third-order valence-electron chi connectivity index (χ3n) is 12.7. The molecule has 0 unspecified atom stereocenters. The molecule has 7 rings (SSSR count). The number of aromatic nitrogens is 4. The normalized spacial score (nSPS) is 22.0. The zero-order valence-corrected chi connectivity index (χ0v) is 40.6. The number of carbonyl (C=O) groups is 6. The molecular formula is C50H58N4O13S. The number of hydrogen-bond acceptors (Lipinski definition) is 16. The zero-order chi connectivity index (χ0) is 49.1. The summed E-state index contributed by atoms with van der Waals surface area (Å²) in [4.78, 5) is 92.9. The maximum absolute atomic E-state index is 13.6. The van der Waals surface area contributed by atoms with Crippen molar-refractivity contribution in [3.05, 3.63) is 75.4 Å².